The summed E-state index contributed by atoms with van der Waals surface area (Å²) in [6.45, 7) is 12.4. The van der Waals surface area contributed by atoms with Gasteiger partial charge in [-0.25, -0.2) is 0 Å². The first-order valence-corrected chi connectivity index (χ1v) is 8.45. The highest BCUT2D eigenvalue weighted by atomic mass is 32.1. The van der Waals surface area contributed by atoms with E-state index in [1.165, 1.54) is 19.9 Å². The minimum Gasteiger partial charge on any atom is -0.333 e. The molecule has 2 nitrogen and oxygen atoms in total. The van der Waals surface area contributed by atoms with Crippen LogP contribution < -0.4 is 5.73 Å². The molecule has 0 saturated heterocycles. The Morgan fingerprint density at radius 1 is 1.36 bits per heavy atom. The van der Waals surface area contributed by atoms with Crippen molar-refractivity contribution in [3.8, 4) is 6.07 Å². The van der Waals surface area contributed by atoms with Crippen LogP contribution in [0.1, 0.15) is 44.7 Å². The zero-order valence-corrected chi connectivity index (χ0v) is 15.5. The average Bonchev–Trinajstić information content (AvgIpc) is 3.36. The zero-order chi connectivity index (χ0) is 17.3. The average molecular weight is 319 g/mol. The monoisotopic (exact) mass is 318 g/mol. The summed E-state index contributed by atoms with van der Waals surface area (Å²) >= 11 is 4.33. The standard InChI is InChI=1S/C16H19NS.C2H6.CH5N/c1-10-8-14(18)6-7-15(10)12(3)16(9-17)11(2)13-4-5-13;2*1-2/h6-8,11,13,16,18H,3-5H2,1-2H3;1-2H3;2H2,1H3. The maximum Gasteiger partial charge on any atom is 0.0741 e. The fourth-order valence-corrected chi connectivity index (χ4v) is 2.85. The Labute approximate surface area is 141 Å². The molecule has 2 atom stereocenters. The van der Waals surface area contributed by atoms with Gasteiger partial charge in [-0.2, -0.15) is 5.26 Å². The molecule has 1 aliphatic rings. The van der Waals surface area contributed by atoms with Crippen LogP contribution in [-0.2, 0) is 0 Å². The Kier molecular flexibility index (Phi) is 9.89. The molecule has 1 aromatic carbocycles. The molecule has 0 aromatic heterocycles. The normalized spacial score (nSPS) is 15.2. The van der Waals surface area contributed by atoms with Gasteiger partial charge in [0.05, 0.1) is 12.0 Å². The second-order valence-corrected chi connectivity index (χ2v) is 5.84. The molecule has 1 saturated carbocycles. The molecular formula is C19H30N2S. The lowest BCUT2D eigenvalue weighted by molar-refractivity contribution is 0.455. The van der Waals surface area contributed by atoms with E-state index in [0.717, 1.165) is 27.5 Å². The van der Waals surface area contributed by atoms with Gasteiger partial charge in [-0.05, 0) is 67.5 Å². The SMILES string of the molecule is C=C(c1ccc(S)cc1C)C(C#N)C(C)C1CC1.CC.CN. The largest absolute Gasteiger partial charge is 0.333 e. The Bertz CT molecular complexity index is 513. The number of hydrogen-bond acceptors (Lipinski definition) is 3. The fraction of sp³-hybridized carbons (Fsp3) is 0.526. The molecule has 1 aliphatic carbocycles. The Morgan fingerprint density at radius 2 is 1.91 bits per heavy atom. The number of rotatable bonds is 4. The van der Waals surface area contributed by atoms with E-state index in [1.54, 1.807) is 0 Å². The van der Waals surface area contributed by atoms with Gasteiger partial charge in [0, 0.05) is 4.90 Å². The van der Waals surface area contributed by atoms with Gasteiger partial charge in [0.25, 0.3) is 0 Å². The first-order valence-electron chi connectivity index (χ1n) is 8.00. The number of nitrogens with two attached hydrogens (primary N) is 1. The summed E-state index contributed by atoms with van der Waals surface area (Å²) in [4.78, 5) is 0.952. The van der Waals surface area contributed by atoms with E-state index in [-0.39, 0.29) is 5.92 Å². The lowest BCUT2D eigenvalue weighted by Crippen LogP contribution is -2.13. The van der Waals surface area contributed by atoms with Crippen LogP contribution in [0.2, 0.25) is 0 Å². The number of aryl methyl sites for hydroxylation is 1. The molecule has 0 heterocycles. The number of nitriles is 1. The molecule has 0 bridgehead atoms. The maximum atomic E-state index is 9.42. The predicted octanol–water partition coefficient (Wildman–Crippen LogP) is 5.08. The van der Waals surface area contributed by atoms with Gasteiger partial charge in [-0.1, -0.05) is 33.4 Å². The second-order valence-electron chi connectivity index (χ2n) is 5.33. The first kappa shape index (κ1) is 20.8. The van der Waals surface area contributed by atoms with E-state index in [4.69, 9.17) is 0 Å². The number of thiol groups is 1. The van der Waals surface area contributed by atoms with Crippen LogP contribution in [0.15, 0.2) is 29.7 Å². The van der Waals surface area contributed by atoms with E-state index < -0.39 is 0 Å². The molecule has 1 aromatic rings. The van der Waals surface area contributed by atoms with E-state index in [9.17, 15) is 5.26 Å². The topological polar surface area (TPSA) is 49.8 Å². The molecule has 3 heteroatoms. The van der Waals surface area contributed by atoms with Crippen LogP contribution >= 0.6 is 12.6 Å². The van der Waals surface area contributed by atoms with E-state index >= 15 is 0 Å². The first-order chi connectivity index (χ1) is 10.5. The van der Waals surface area contributed by atoms with Crippen molar-refractivity contribution in [2.75, 3.05) is 7.05 Å². The molecular weight excluding hydrogens is 288 g/mol. The predicted molar refractivity (Wildman–Crippen MR) is 99.9 cm³/mol. The van der Waals surface area contributed by atoms with Crippen molar-refractivity contribution in [1.29, 1.82) is 5.26 Å². The highest BCUT2D eigenvalue weighted by Gasteiger charge is 2.35. The van der Waals surface area contributed by atoms with Gasteiger partial charge in [-0.15, -0.1) is 12.6 Å². The summed E-state index contributed by atoms with van der Waals surface area (Å²) in [7, 11) is 1.50. The van der Waals surface area contributed by atoms with Crippen LogP contribution in [0.25, 0.3) is 5.57 Å². The van der Waals surface area contributed by atoms with Crippen LogP contribution in [0.5, 0.6) is 0 Å². The van der Waals surface area contributed by atoms with Crippen LogP contribution in [0.3, 0.4) is 0 Å². The minimum atomic E-state index is -0.0676. The number of allylic oxidation sites excluding steroid dienone is 1. The highest BCUT2D eigenvalue weighted by molar-refractivity contribution is 7.80. The Balaban J connectivity index is 0.00000102. The van der Waals surface area contributed by atoms with Crippen molar-refractivity contribution in [1.82, 2.24) is 0 Å². The summed E-state index contributed by atoms with van der Waals surface area (Å²) in [6.07, 6.45) is 2.53. The van der Waals surface area contributed by atoms with Gasteiger partial charge < -0.3 is 5.73 Å². The Hall–Kier alpha value is -1.24. The number of hydrogen-bond donors (Lipinski definition) is 2. The molecule has 0 amide bonds. The zero-order valence-electron chi connectivity index (χ0n) is 14.6. The third kappa shape index (κ3) is 5.51. The summed E-state index contributed by atoms with van der Waals surface area (Å²) in [6, 6.07) is 8.47. The summed E-state index contributed by atoms with van der Waals surface area (Å²) < 4.78 is 0. The van der Waals surface area contributed by atoms with Crippen molar-refractivity contribution in [2.45, 2.75) is 45.4 Å². The van der Waals surface area contributed by atoms with Crippen molar-refractivity contribution < 1.29 is 0 Å². The summed E-state index contributed by atoms with van der Waals surface area (Å²) in [5, 5.41) is 9.42. The molecule has 0 spiro atoms. The molecule has 22 heavy (non-hydrogen) atoms. The molecule has 2 N–H and O–H groups in total. The van der Waals surface area contributed by atoms with Crippen molar-refractivity contribution in [3.63, 3.8) is 0 Å². The van der Waals surface area contributed by atoms with Crippen molar-refractivity contribution >= 4 is 18.2 Å². The van der Waals surface area contributed by atoms with Gasteiger partial charge in [0.2, 0.25) is 0 Å². The molecule has 2 unspecified atom stereocenters. The van der Waals surface area contributed by atoms with E-state index in [1.807, 2.05) is 32.0 Å². The maximum absolute atomic E-state index is 9.42. The van der Waals surface area contributed by atoms with Crippen molar-refractivity contribution in [2.24, 2.45) is 23.5 Å². The Morgan fingerprint density at radius 3 is 2.32 bits per heavy atom. The molecule has 1 fully saturated rings. The highest BCUT2D eigenvalue weighted by Crippen LogP contribution is 2.44. The summed E-state index contributed by atoms with van der Waals surface area (Å²) in [5.41, 5.74) is 7.71. The minimum absolute atomic E-state index is 0.0676. The van der Waals surface area contributed by atoms with Crippen LogP contribution in [0, 0.1) is 36.0 Å². The van der Waals surface area contributed by atoms with Crippen LogP contribution in [-0.4, -0.2) is 7.05 Å². The van der Waals surface area contributed by atoms with Crippen molar-refractivity contribution in [3.05, 3.63) is 35.9 Å². The van der Waals surface area contributed by atoms with Gasteiger partial charge >= 0.3 is 0 Å². The van der Waals surface area contributed by atoms with Crippen LogP contribution in [0.4, 0.5) is 0 Å². The van der Waals surface area contributed by atoms with E-state index in [2.05, 4.69) is 44.9 Å². The van der Waals surface area contributed by atoms with Gasteiger partial charge in [-0.3, -0.25) is 0 Å². The molecule has 0 radical (unpaired) electrons. The van der Waals surface area contributed by atoms with Gasteiger partial charge in [0.15, 0.2) is 0 Å². The molecule has 0 aliphatic heterocycles. The smallest absolute Gasteiger partial charge is 0.0741 e. The second kappa shape index (κ2) is 10.5. The van der Waals surface area contributed by atoms with Gasteiger partial charge in [0.1, 0.15) is 0 Å². The lowest BCUT2D eigenvalue weighted by atomic mass is 9.81. The third-order valence-electron chi connectivity index (χ3n) is 3.96. The number of nitrogens with zero attached hydrogens (tertiary/aromatic N) is 1. The lowest BCUT2D eigenvalue weighted by Gasteiger charge is -2.21. The number of benzene rings is 1. The molecule has 122 valence electrons. The quantitative estimate of drug-likeness (QED) is 0.760. The van der Waals surface area contributed by atoms with E-state index in [0.29, 0.717) is 5.92 Å². The fourth-order valence-electron chi connectivity index (χ4n) is 2.58. The summed E-state index contributed by atoms with van der Waals surface area (Å²) in [5.74, 6) is 1.07. The molecule has 2 rings (SSSR count). The third-order valence-corrected chi connectivity index (χ3v) is 4.24.